The second-order valence-electron chi connectivity index (χ2n) is 5.91. The molecule has 2 aromatic heterocycles. The Hall–Kier alpha value is -2.82. The summed E-state index contributed by atoms with van der Waals surface area (Å²) in [6.07, 6.45) is 7.04. The van der Waals surface area contributed by atoms with Crippen LogP contribution in [-0.4, -0.2) is 28.4 Å². The van der Waals surface area contributed by atoms with E-state index in [9.17, 15) is 0 Å². The number of nitrogens with one attached hydrogen (secondary N) is 1. The number of aromatic nitrogens is 3. The van der Waals surface area contributed by atoms with Gasteiger partial charge in [0.2, 0.25) is 0 Å². The molecule has 24 heavy (non-hydrogen) atoms. The predicted molar refractivity (Wildman–Crippen MR) is 94.8 cm³/mol. The van der Waals surface area contributed by atoms with Crippen LogP contribution >= 0.6 is 0 Å². The summed E-state index contributed by atoms with van der Waals surface area (Å²) in [4.78, 5) is 4.25. The van der Waals surface area contributed by atoms with Gasteiger partial charge in [0, 0.05) is 30.1 Å². The first kappa shape index (κ1) is 14.8. The molecule has 0 saturated heterocycles. The summed E-state index contributed by atoms with van der Waals surface area (Å²) in [5.74, 6) is 1.94. The number of ether oxygens (including phenoxy) is 1. The number of hydrogen-bond donors (Lipinski definition) is 1. The van der Waals surface area contributed by atoms with Crippen LogP contribution < -0.4 is 10.1 Å². The molecule has 122 valence electrons. The smallest absolute Gasteiger partial charge is 0.133 e. The molecule has 1 N–H and O–H groups in total. The molecule has 0 aliphatic carbocycles. The average Bonchev–Trinajstić information content (AvgIpc) is 2.84. The number of rotatable bonds is 3. The van der Waals surface area contributed by atoms with Gasteiger partial charge in [0.25, 0.3) is 0 Å². The minimum Gasteiger partial charge on any atom is -0.497 e. The highest BCUT2D eigenvalue weighted by atomic mass is 16.5. The Morgan fingerprint density at radius 3 is 2.75 bits per heavy atom. The van der Waals surface area contributed by atoms with Crippen molar-refractivity contribution in [2.75, 3.05) is 19.0 Å². The molecule has 0 saturated carbocycles. The minimum absolute atomic E-state index is 0.845. The highest BCUT2D eigenvalue weighted by molar-refractivity contribution is 5.70. The van der Waals surface area contributed by atoms with Crippen molar-refractivity contribution in [3.8, 4) is 22.7 Å². The van der Waals surface area contributed by atoms with Crippen molar-refractivity contribution in [3.05, 3.63) is 54.4 Å². The van der Waals surface area contributed by atoms with Crippen LogP contribution in [0.2, 0.25) is 0 Å². The first-order valence-electron chi connectivity index (χ1n) is 8.27. The second-order valence-corrected chi connectivity index (χ2v) is 5.91. The lowest BCUT2D eigenvalue weighted by Crippen LogP contribution is -2.07. The third kappa shape index (κ3) is 2.62. The second kappa shape index (κ2) is 6.35. The van der Waals surface area contributed by atoms with Crippen molar-refractivity contribution >= 4 is 5.82 Å². The first-order valence-corrected chi connectivity index (χ1v) is 8.27. The number of nitrogens with zero attached hydrogens (tertiary/aromatic N) is 3. The van der Waals surface area contributed by atoms with Gasteiger partial charge in [-0.1, -0.05) is 0 Å². The molecule has 0 spiro atoms. The summed E-state index contributed by atoms with van der Waals surface area (Å²) < 4.78 is 7.26. The zero-order valence-electron chi connectivity index (χ0n) is 13.7. The monoisotopic (exact) mass is 320 g/mol. The molecule has 1 aliphatic heterocycles. The number of pyridine rings is 1. The van der Waals surface area contributed by atoms with Gasteiger partial charge in [0.05, 0.1) is 18.5 Å². The molecular weight excluding hydrogens is 300 g/mol. The molecule has 0 fully saturated rings. The van der Waals surface area contributed by atoms with Crippen LogP contribution in [0.25, 0.3) is 16.9 Å². The minimum atomic E-state index is 0.845. The maximum atomic E-state index is 5.26. The Morgan fingerprint density at radius 2 is 2.00 bits per heavy atom. The van der Waals surface area contributed by atoms with Gasteiger partial charge in [-0.2, -0.15) is 5.10 Å². The molecule has 5 heteroatoms. The molecule has 0 amide bonds. The fourth-order valence-corrected chi connectivity index (χ4v) is 3.15. The van der Waals surface area contributed by atoms with Gasteiger partial charge in [-0.3, -0.25) is 4.98 Å². The topological polar surface area (TPSA) is 52.0 Å². The number of fused-ring (bicyclic) bond motifs is 1. The van der Waals surface area contributed by atoms with Crippen LogP contribution in [0.1, 0.15) is 18.4 Å². The summed E-state index contributed by atoms with van der Waals surface area (Å²) in [5, 5.41) is 8.46. The standard InChI is InChI=1S/C19H20N4O/c1-24-16-9-7-15(8-10-16)23-19-17(6-2-3-12-21-19)18(22-23)14-5-4-11-20-13-14/h4-5,7-11,13,21H,2-3,6,12H2,1H3. The zero-order valence-corrected chi connectivity index (χ0v) is 13.7. The SMILES string of the molecule is COc1ccc(-n2nc(-c3cccnc3)c3c2NCCCC3)cc1. The molecule has 5 nitrogen and oxygen atoms in total. The van der Waals surface area contributed by atoms with E-state index >= 15 is 0 Å². The molecule has 0 bridgehead atoms. The molecule has 3 heterocycles. The summed E-state index contributed by atoms with van der Waals surface area (Å²) >= 11 is 0. The van der Waals surface area contributed by atoms with Crippen molar-refractivity contribution in [2.24, 2.45) is 0 Å². The van der Waals surface area contributed by atoms with E-state index in [0.717, 1.165) is 41.5 Å². The molecule has 3 aromatic rings. The summed E-state index contributed by atoms with van der Waals surface area (Å²) in [6.45, 7) is 0.974. The molecule has 1 aliphatic rings. The van der Waals surface area contributed by atoms with Crippen LogP contribution in [0.5, 0.6) is 5.75 Å². The van der Waals surface area contributed by atoms with E-state index in [0.29, 0.717) is 0 Å². The lowest BCUT2D eigenvalue weighted by atomic mass is 10.1. The van der Waals surface area contributed by atoms with Crippen LogP contribution in [0.15, 0.2) is 48.8 Å². The fourth-order valence-electron chi connectivity index (χ4n) is 3.15. The Morgan fingerprint density at radius 1 is 1.12 bits per heavy atom. The van der Waals surface area contributed by atoms with E-state index in [-0.39, 0.29) is 0 Å². The Bertz CT molecular complexity index is 825. The van der Waals surface area contributed by atoms with Crippen LogP contribution in [-0.2, 0) is 6.42 Å². The Balaban J connectivity index is 1.86. The van der Waals surface area contributed by atoms with E-state index < -0.39 is 0 Å². The van der Waals surface area contributed by atoms with Gasteiger partial charge in [-0.05, 0) is 55.7 Å². The van der Waals surface area contributed by atoms with Crippen molar-refractivity contribution < 1.29 is 4.74 Å². The molecule has 4 rings (SSSR count). The maximum Gasteiger partial charge on any atom is 0.133 e. The van der Waals surface area contributed by atoms with Crippen LogP contribution in [0.3, 0.4) is 0 Å². The van der Waals surface area contributed by atoms with E-state index in [1.165, 1.54) is 18.4 Å². The van der Waals surface area contributed by atoms with Crippen LogP contribution in [0.4, 0.5) is 5.82 Å². The summed E-state index contributed by atoms with van der Waals surface area (Å²) in [6, 6.07) is 12.0. The quantitative estimate of drug-likeness (QED) is 0.799. The zero-order chi connectivity index (χ0) is 16.4. The average molecular weight is 320 g/mol. The summed E-state index contributed by atoms with van der Waals surface area (Å²) in [5.41, 5.74) is 4.38. The normalized spacial score (nSPS) is 13.7. The molecule has 1 aromatic carbocycles. The first-order chi connectivity index (χ1) is 11.9. The highest BCUT2D eigenvalue weighted by Gasteiger charge is 2.21. The van der Waals surface area contributed by atoms with Gasteiger partial charge in [0.1, 0.15) is 11.6 Å². The molecule has 0 unspecified atom stereocenters. The lowest BCUT2D eigenvalue weighted by Gasteiger charge is -2.09. The van der Waals surface area contributed by atoms with Gasteiger partial charge >= 0.3 is 0 Å². The molecule has 0 atom stereocenters. The van der Waals surface area contributed by atoms with E-state index in [1.807, 2.05) is 41.2 Å². The third-order valence-corrected chi connectivity index (χ3v) is 4.38. The number of hydrogen-bond acceptors (Lipinski definition) is 4. The molecule has 0 radical (unpaired) electrons. The molecular formula is C19H20N4O. The largest absolute Gasteiger partial charge is 0.497 e. The van der Waals surface area contributed by atoms with Gasteiger partial charge in [-0.15, -0.1) is 0 Å². The van der Waals surface area contributed by atoms with Gasteiger partial charge in [-0.25, -0.2) is 4.68 Å². The lowest BCUT2D eigenvalue weighted by molar-refractivity contribution is 0.414. The van der Waals surface area contributed by atoms with Gasteiger partial charge < -0.3 is 10.1 Å². The highest BCUT2D eigenvalue weighted by Crippen LogP contribution is 2.33. The van der Waals surface area contributed by atoms with E-state index in [4.69, 9.17) is 9.84 Å². The number of anilines is 1. The summed E-state index contributed by atoms with van der Waals surface area (Å²) in [7, 11) is 1.68. The fraction of sp³-hybridized carbons (Fsp3) is 0.263. The Kier molecular flexibility index (Phi) is 3.91. The van der Waals surface area contributed by atoms with Crippen molar-refractivity contribution in [3.63, 3.8) is 0 Å². The maximum absolute atomic E-state index is 5.26. The van der Waals surface area contributed by atoms with Crippen LogP contribution in [0, 0.1) is 0 Å². The van der Waals surface area contributed by atoms with Gasteiger partial charge in [0.15, 0.2) is 0 Å². The van der Waals surface area contributed by atoms with Crippen molar-refractivity contribution in [2.45, 2.75) is 19.3 Å². The van der Waals surface area contributed by atoms with E-state index in [1.54, 1.807) is 13.3 Å². The van der Waals surface area contributed by atoms with E-state index in [2.05, 4.69) is 16.4 Å². The Labute approximate surface area is 141 Å². The number of benzene rings is 1. The third-order valence-electron chi connectivity index (χ3n) is 4.38. The predicted octanol–water partition coefficient (Wildman–Crippen LogP) is 3.69. The van der Waals surface area contributed by atoms with Crippen molar-refractivity contribution in [1.29, 1.82) is 0 Å². The number of methoxy groups -OCH3 is 1. The van der Waals surface area contributed by atoms with Crippen molar-refractivity contribution in [1.82, 2.24) is 14.8 Å².